The highest BCUT2D eigenvalue weighted by molar-refractivity contribution is 9.10. The van der Waals surface area contributed by atoms with Gasteiger partial charge in [0.15, 0.2) is 6.10 Å². The van der Waals surface area contributed by atoms with Gasteiger partial charge in [0.1, 0.15) is 18.1 Å². The topological polar surface area (TPSA) is 59.9 Å². The molecule has 0 aliphatic heterocycles. The first-order chi connectivity index (χ1) is 14.1. The third-order valence-electron chi connectivity index (χ3n) is 4.04. The Balaban J connectivity index is 1.47. The number of halogens is 1. The van der Waals surface area contributed by atoms with Crippen molar-refractivity contribution in [3.05, 3.63) is 94.5 Å². The van der Waals surface area contributed by atoms with Gasteiger partial charge in [0, 0.05) is 10.0 Å². The Morgan fingerprint density at radius 2 is 1.66 bits per heavy atom. The molecule has 0 aliphatic carbocycles. The summed E-state index contributed by atoms with van der Waals surface area (Å²) < 4.78 is 12.3. The average Bonchev–Trinajstić information content (AvgIpc) is 2.75. The molecule has 3 aromatic carbocycles. The molecule has 1 atom stereocenters. The van der Waals surface area contributed by atoms with E-state index in [1.165, 1.54) is 0 Å². The molecule has 0 bridgehead atoms. The first kappa shape index (κ1) is 20.6. The van der Waals surface area contributed by atoms with Gasteiger partial charge in [-0.3, -0.25) is 4.79 Å². The Morgan fingerprint density at radius 3 is 2.38 bits per heavy atom. The molecule has 6 heteroatoms. The van der Waals surface area contributed by atoms with Crippen molar-refractivity contribution >= 4 is 28.1 Å². The summed E-state index contributed by atoms with van der Waals surface area (Å²) in [7, 11) is 0. The molecular formula is C23H21BrN2O3. The third kappa shape index (κ3) is 6.47. The number of ether oxygens (including phenoxy) is 2. The zero-order chi connectivity index (χ0) is 20.5. The van der Waals surface area contributed by atoms with Crippen molar-refractivity contribution in [3.63, 3.8) is 0 Å². The van der Waals surface area contributed by atoms with Gasteiger partial charge >= 0.3 is 0 Å². The number of carbonyl (C=O) groups is 1. The summed E-state index contributed by atoms with van der Waals surface area (Å²) in [6, 6.07) is 24.7. The zero-order valence-electron chi connectivity index (χ0n) is 15.9. The van der Waals surface area contributed by atoms with Crippen LogP contribution in [0.2, 0.25) is 0 Å². The molecule has 1 unspecified atom stereocenters. The van der Waals surface area contributed by atoms with Crippen LogP contribution < -0.4 is 14.9 Å². The van der Waals surface area contributed by atoms with Crippen molar-refractivity contribution in [2.24, 2.45) is 5.10 Å². The Labute approximate surface area is 178 Å². The molecule has 3 aromatic rings. The van der Waals surface area contributed by atoms with Gasteiger partial charge in [-0.15, -0.1) is 0 Å². The van der Waals surface area contributed by atoms with Crippen molar-refractivity contribution in [1.82, 2.24) is 5.43 Å². The number of hydrogen-bond donors (Lipinski definition) is 1. The van der Waals surface area contributed by atoms with E-state index in [1.54, 1.807) is 25.3 Å². The first-order valence-corrected chi connectivity index (χ1v) is 9.92. The number of nitrogens with one attached hydrogen (secondary N) is 1. The molecule has 148 valence electrons. The second kappa shape index (κ2) is 10.4. The lowest BCUT2D eigenvalue weighted by molar-refractivity contribution is -0.127. The molecule has 0 fully saturated rings. The fourth-order valence-corrected chi connectivity index (χ4v) is 2.84. The maximum absolute atomic E-state index is 12.2. The predicted molar refractivity (Wildman–Crippen MR) is 117 cm³/mol. The van der Waals surface area contributed by atoms with Gasteiger partial charge in [0.2, 0.25) is 0 Å². The number of carbonyl (C=O) groups excluding carboxylic acids is 1. The van der Waals surface area contributed by atoms with Crippen LogP contribution in [0.1, 0.15) is 18.1 Å². The lowest BCUT2D eigenvalue weighted by Crippen LogP contribution is -2.33. The van der Waals surface area contributed by atoms with E-state index in [-0.39, 0.29) is 5.91 Å². The van der Waals surface area contributed by atoms with Gasteiger partial charge in [-0.25, -0.2) is 5.43 Å². The number of benzene rings is 3. The van der Waals surface area contributed by atoms with E-state index in [9.17, 15) is 4.79 Å². The Hall–Kier alpha value is -3.12. The van der Waals surface area contributed by atoms with E-state index in [2.05, 4.69) is 26.5 Å². The Kier molecular flexibility index (Phi) is 7.41. The number of rotatable bonds is 8. The highest BCUT2D eigenvalue weighted by Gasteiger charge is 2.14. The summed E-state index contributed by atoms with van der Waals surface area (Å²) in [4.78, 5) is 12.2. The van der Waals surface area contributed by atoms with Crippen molar-refractivity contribution < 1.29 is 14.3 Å². The average molecular weight is 453 g/mol. The van der Waals surface area contributed by atoms with Gasteiger partial charge in [-0.1, -0.05) is 64.5 Å². The quantitative estimate of drug-likeness (QED) is 0.388. The minimum absolute atomic E-state index is 0.335. The van der Waals surface area contributed by atoms with Crippen LogP contribution in [0.4, 0.5) is 0 Å². The van der Waals surface area contributed by atoms with Gasteiger partial charge in [0.25, 0.3) is 5.91 Å². The van der Waals surface area contributed by atoms with E-state index >= 15 is 0 Å². The third-order valence-corrected chi connectivity index (χ3v) is 4.76. The molecule has 1 N–H and O–H groups in total. The summed E-state index contributed by atoms with van der Waals surface area (Å²) in [6.45, 7) is 2.17. The van der Waals surface area contributed by atoms with Gasteiger partial charge in [-0.2, -0.15) is 5.10 Å². The maximum Gasteiger partial charge on any atom is 0.280 e. The summed E-state index contributed by atoms with van der Waals surface area (Å²) in [5.41, 5.74) is 4.45. The van der Waals surface area contributed by atoms with Crippen molar-refractivity contribution in [2.45, 2.75) is 19.6 Å². The monoisotopic (exact) mass is 452 g/mol. The van der Waals surface area contributed by atoms with Crippen LogP contribution in [0.5, 0.6) is 11.5 Å². The van der Waals surface area contributed by atoms with Crippen molar-refractivity contribution in [2.75, 3.05) is 0 Å². The fourth-order valence-electron chi connectivity index (χ4n) is 2.45. The summed E-state index contributed by atoms with van der Waals surface area (Å²) in [6.07, 6.45) is 0.885. The molecular weight excluding hydrogens is 432 g/mol. The molecule has 5 nitrogen and oxygen atoms in total. The predicted octanol–water partition coefficient (Wildman–Crippen LogP) is 4.95. The van der Waals surface area contributed by atoms with E-state index < -0.39 is 6.10 Å². The number of hydrazone groups is 1. The van der Waals surface area contributed by atoms with E-state index in [1.807, 2.05) is 66.7 Å². The molecule has 0 aromatic heterocycles. The molecule has 29 heavy (non-hydrogen) atoms. The lowest BCUT2D eigenvalue weighted by Gasteiger charge is -2.13. The maximum atomic E-state index is 12.2. The molecule has 0 radical (unpaired) electrons. The van der Waals surface area contributed by atoms with Crippen LogP contribution in [0.3, 0.4) is 0 Å². The smallest absolute Gasteiger partial charge is 0.280 e. The number of hydrogen-bond acceptors (Lipinski definition) is 4. The standard InChI is InChI=1S/C23H21BrN2O3/c1-17(23(27)26-25-15-19-9-5-6-10-22(19)24)29-21-13-11-20(12-14-21)28-16-18-7-3-2-4-8-18/h2-15,17H,16H2,1H3,(H,26,27)/b25-15+. The fraction of sp³-hybridized carbons (Fsp3) is 0.130. The van der Waals surface area contributed by atoms with E-state index in [0.29, 0.717) is 12.4 Å². The zero-order valence-corrected chi connectivity index (χ0v) is 17.5. The molecule has 0 aliphatic rings. The number of amides is 1. The minimum atomic E-state index is -0.692. The molecule has 0 spiro atoms. The highest BCUT2D eigenvalue weighted by atomic mass is 79.9. The van der Waals surface area contributed by atoms with Crippen LogP contribution >= 0.6 is 15.9 Å². The van der Waals surface area contributed by atoms with Gasteiger partial charge < -0.3 is 9.47 Å². The highest BCUT2D eigenvalue weighted by Crippen LogP contribution is 2.20. The number of nitrogens with zero attached hydrogens (tertiary/aromatic N) is 1. The van der Waals surface area contributed by atoms with Crippen molar-refractivity contribution in [1.29, 1.82) is 0 Å². The molecule has 1 amide bonds. The van der Waals surface area contributed by atoms with Crippen LogP contribution in [-0.4, -0.2) is 18.2 Å². The minimum Gasteiger partial charge on any atom is -0.489 e. The second-order valence-corrected chi connectivity index (χ2v) is 7.12. The largest absolute Gasteiger partial charge is 0.489 e. The Morgan fingerprint density at radius 1 is 1.00 bits per heavy atom. The molecule has 0 saturated carbocycles. The van der Waals surface area contributed by atoms with Crippen LogP contribution in [0.25, 0.3) is 0 Å². The van der Waals surface area contributed by atoms with Crippen molar-refractivity contribution in [3.8, 4) is 11.5 Å². The summed E-state index contributed by atoms with van der Waals surface area (Å²) >= 11 is 3.43. The summed E-state index contributed by atoms with van der Waals surface area (Å²) in [5, 5.41) is 3.98. The Bertz CT molecular complexity index is 959. The lowest BCUT2D eigenvalue weighted by atomic mass is 10.2. The SMILES string of the molecule is CC(Oc1ccc(OCc2ccccc2)cc1)C(=O)N/N=C/c1ccccc1Br. The second-order valence-electron chi connectivity index (χ2n) is 6.26. The normalized spacial score (nSPS) is 11.8. The van der Waals surface area contributed by atoms with Gasteiger partial charge in [0.05, 0.1) is 6.21 Å². The summed E-state index contributed by atoms with van der Waals surface area (Å²) in [5.74, 6) is 0.976. The molecule has 0 saturated heterocycles. The molecule has 3 rings (SSSR count). The first-order valence-electron chi connectivity index (χ1n) is 9.13. The van der Waals surface area contributed by atoms with E-state index in [4.69, 9.17) is 9.47 Å². The van der Waals surface area contributed by atoms with E-state index in [0.717, 1.165) is 21.3 Å². The van der Waals surface area contributed by atoms with Crippen LogP contribution in [0.15, 0.2) is 88.4 Å². The molecule has 0 heterocycles. The van der Waals surface area contributed by atoms with Crippen LogP contribution in [0, 0.1) is 0 Å². The van der Waals surface area contributed by atoms with Crippen LogP contribution in [-0.2, 0) is 11.4 Å². The van der Waals surface area contributed by atoms with Gasteiger partial charge in [-0.05, 0) is 42.8 Å².